The average molecular weight is 252 g/mol. The summed E-state index contributed by atoms with van der Waals surface area (Å²) in [6.45, 7) is 2.05. The van der Waals surface area contributed by atoms with E-state index in [-0.39, 0.29) is 0 Å². The first-order valence-electron chi connectivity index (χ1n) is 6.32. The molecule has 96 valence electrons. The van der Waals surface area contributed by atoms with Gasteiger partial charge in [-0.05, 0) is 48.7 Å². The molecule has 0 aliphatic rings. The van der Waals surface area contributed by atoms with E-state index in [4.69, 9.17) is 4.74 Å². The minimum absolute atomic E-state index is 0.886. The van der Waals surface area contributed by atoms with E-state index < -0.39 is 0 Å². The fourth-order valence-corrected chi connectivity index (χ4v) is 2.27. The molecule has 0 atom stereocenters. The van der Waals surface area contributed by atoms with Crippen LogP contribution in [-0.2, 0) is 6.42 Å². The third-order valence-corrected chi connectivity index (χ3v) is 3.23. The number of aromatic amines is 1. The third kappa shape index (κ3) is 2.45. The fourth-order valence-electron chi connectivity index (χ4n) is 2.27. The van der Waals surface area contributed by atoms with Crippen LogP contribution < -0.4 is 4.74 Å². The normalized spacial score (nSPS) is 10.8. The molecule has 3 aromatic rings. The number of aryl methyl sites for hydroxylation is 1. The number of aromatic nitrogens is 2. The van der Waals surface area contributed by atoms with E-state index in [0.717, 1.165) is 23.5 Å². The Balaban J connectivity index is 1.87. The number of fused-ring (bicyclic) bond motifs is 1. The van der Waals surface area contributed by atoms with Crippen molar-refractivity contribution < 1.29 is 4.74 Å². The van der Waals surface area contributed by atoms with E-state index in [1.807, 2.05) is 25.3 Å². The summed E-state index contributed by atoms with van der Waals surface area (Å²) in [6, 6.07) is 12.5. The summed E-state index contributed by atoms with van der Waals surface area (Å²) in [6.07, 6.45) is 2.82. The van der Waals surface area contributed by atoms with E-state index in [9.17, 15) is 0 Å². The van der Waals surface area contributed by atoms with Gasteiger partial charge in [0, 0.05) is 17.3 Å². The molecule has 0 saturated carbocycles. The maximum Gasteiger partial charge on any atom is 0.137 e. The summed E-state index contributed by atoms with van der Waals surface area (Å²) in [5.41, 5.74) is 4.57. The molecule has 0 aliphatic heterocycles. The van der Waals surface area contributed by atoms with Gasteiger partial charge in [-0.3, -0.25) is 0 Å². The largest absolute Gasteiger partial charge is 0.497 e. The van der Waals surface area contributed by atoms with Crippen LogP contribution in [0.1, 0.15) is 16.8 Å². The number of nitrogens with one attached hydrogen (secondary N) is 1. The van der Waals surface area contributed by atoms with Crippen molar-refractivity contribution in [2.45, 2.75) is 13.3 Å². The zero-order valence-electron chi connectivity index (χ0n) is 11.1. The third-order valence-electron chi connectivity index (χ3n) is 3.23. The van der Waals surface area contributed by atoms with E-state index in [1.54, 1.807) is 7.11 Å². The summed E-state index contributed by atoms with van der Waals surface area (Å²) in [5, 5.41) is 1.17. The highest BCUT2D eigenvalue weighted by Crippen LogP contribution is 2.18. The van der Waals surface area contributed by atoms with Crippen molar-refractivity contribution in [1.82, 2.24) is 9.97 Å². The van der Waals surface area contributed by atoms with Crippen molar-refractivity contribution in [2.24, 2.45) is 0 Å². The number of benzene rings is 1. The highest BCUT2D eigenvalue weighted by Gasteiger charge is 2.02. The van der Waals surface area contributed by atoms with Crippen LogP contribution in [0.15, 0.2) is 42.6 Å². The van der Waals surface area contributed by atoms with E-state index >= 15 is 0 Å². The summed E-state index contributed by atoms with van der Waals surface area (Å²) in [5.74, 6) is 0.888. The Morgan fingerprint density at radius 1 is 1.11 bits per heavy atom. The van der Waals surface area contributed by atoms with Gasteiger partial charge >= 0.3 is 0 Å². The van der Waals surface area contributed by atoms with Gasteiger partial charge in [0.25, 0.3) is 0 Å². The molecule has 0 radical (unpaired) electrons. The zero-order valence-corrected chi connectivity index (χ0v) is 11.1. The Hall–Kier alpha value is -2.29. The minimum Gasteiger partial charge on any atom is -0.497 e. The Bertz CT molecular complexity index is 698. The number of ether oxygens (including phenoxy) is 1. The van der Waals surface area contributed by atoms with Crippen LogP contribution in [0.4, 0.5) is 0 Å². The van der Waals surface area contributed by atoms with E-state index in [2.05, 4.69) is 34.2 Å². The number of H-pyrrole nitrogens is 1. The van der Waals surface area contributed by atoms with Crippen LogP contribution in [0.5, 0.6) is 5.75 Å². The average Bonchev–Trinajstić information content (AvgIpc) is 2.79. The number of hydrogen-bond donors (Lipinski definition) is 1. The van der Waals surface area contributed by atoms with Crippen LogP contribution in [0.25, 0.3) is 11.0 Å². The molecule has 3 heteroatoms. The van der Waals surface area contributed by atoms with Crippen molar-refractivity contribution >= 4 is 11.0 Å². The zero-order chi connectivity index (χ0) is 13.2. The first kappa shape index (κ1) is 11.8. The second-order valence-electron chi connectivity index (χ2n) is 4.76. The van der Waals surface area contributed by atoms with E-state index in [0.29, 0.717) is 0 Å². The highest BCUT2D eigenvalue weighted by atomic mass is 16.5. The molecule has 0 fully saturated rings. The molecule has 0 unspecified atom stereocenters. The lowest BCUT2D eigenvalue weighted by Crippen LogP contribution is -1.90. The Labute approximate surface area is 112 Å². The molecule has 0 bridgehead atoms. The predicted octanol–water partition coefficient (Wildman–Crippen LogP) is 3.47. The molecule has 2 aromatic heterocycles. The van der Waals surface area contributed by atoms with Crippen LogP contribution in [0, 0.1) is 6.92 Å². The molecule has 0 aliphatic carbocycles. The molecule has 1 aromatic carbocycles. The molecule has 0 saturated heterocycles. The maximum absolute atomic E-state index is 5.16. The highest BCUT2D eigenvalue weighted by molar-refractivity contribution is 5.77. The fraction of sp³-hybridized carbons (Fsp3) is 0.188. The number of rotatable bonds is 3. The summed E-state index contributed by atoms with van der Waals surface area (Å²) >= 11 is 0. The smallest absolute Gasteiger partial charge is 0.137 e. The van der Waals surface area contributed by atoms with Gasteiger partial charge in [0.05, 0.1) is 7.11 Å². The van der Waals surface area contributed by atoms with Crippen molar-refractivity contribution in [3.63, 3.8) is 0 Å². The van der Waals surface area contributed by atoms with Crippen molar-refractivity contribution in [3.8, 4) is 5.75 Å². The van der Waals surface area contributed by atoms with Gasteiger partial charge in [-0.1, -0.05) is 12.1 Å². The van der Waals surface area contributed by atoms with Crippen LogP contribution >= 0.6 is 0 Å². The lowest BCUT2D eigenvalue weighted by molar-refractivity contribution is 0.414. The van der Waals surface area contributed by atoms with Gasteiger partial charge < -0.3 is 9.72 Å². The second kappa shape index (κ2) is 4.76. The lowest BCUT2D eigenvalue weighted by atomic mass is 10.1. The molecular weight excluding hydrogens is 236 g/mol. The molecule has 19 heavy (non-hydrogen) atoms. The SMILES string of the molecule is COc1ccc(Cc2cnc3[nH]c(C)cc3c2)cc1. The lowest BCUT2D eigenvalue weighted by Gasteiger charge is -2.04. The molecule has 1 N–H and O–H groups in total. The van der Waals surface area contributed by atoms with Crippen LogP contribution in [0.3, 0.4) is 0 Å². The van der Waals surface area contributed by atoms with Crippen molar-refractivity contribution in [3.05, 3.63) is 59.4 Å². The van der Waals surface area contributed by atoms with Crippen molar-refractivity contribution in [2.75, 3.05) is 7.11 Å². The van der Waals surface area contributed by atoms with Gasteiger partial charge in [-0.15, -0.1) is 0 Å². The van der Waals surface area contributed by atoms with Crippen molar-refractivity contribution in [1.29, 1.82) is 0 Å². The Kier molecular flexibility index (Phi) is 2.95. The van der Waals surface area contributed by atoms with Gasteiger partial charge in [-0.25, -0.2) is 4.98 Å². The standard InChI is InChI=1S/C16H16N2O/c1-11-7-14-9-13(10-17-16(14)18-11)8-12-3-5-15(19-2)6-4-12/h3-7,9-10H,8H2,1-2H3,(H,17,18). The minimum atomic E-state index is 0.886. The summed E-state index contributed by atoms with van der Waals surface area (Å²) < 4.78 is 5.16. The molecule has 3 rings (SSSR count). The molecule has 0 amide bonds. The van der Waals surface area contributed by atoms with E-state index in [1.165, 1.54) is 16.5 Å². The first-order valence-corrected chi connectivity index (χ1v) is 6.32. The summed E-state index contributed by atoms with van der Waals surface area (Å²) in [4.78, 5) is 7.69. The number of nitrogens with zero attached hydrogens (tertiary/aromatic N) is 1. The first-order chi connectivity index (χ1) is 9.24. The molecule has 2 heterocycles. The Morgan fingerprint density at radius 2 is 1.89 bits per heavy atom. The van der Waals surface area contributed by atoms with Crippen LogP contribution in [-0.4, -0.2) is 17.1 Å². The van der Waals surface area contributed by atoms with Gasteiger partial charge in [0.15, 0.2) is 0 Å². The van der Waals surface area contributed by atoms with Gasteiger partial charge in [-0.2, -0.15) is 0 Å². The number of hydrogen-bond acceptors (Lipinski definition) is 2. The molecule has 0 spiro atoms. The number of pyridine rings is 1. The van der Waals surface area contributed by atoms with Crippen LogP contribution in [0.2, 0.25) is 0 Å². The Morgan fingerprint density at radius 3 is 2.63 bits per heavy atom. The second-order valence-corrected chi connectivity index (χ2v) is 4.76. The van der Waals surface area contributed by atoms with Gasteiger partial charge in [0.2, 0.25) is 0 Å². The predicted molar refractivity (Wildman–Crippen MR) is 76.6 cm³/mol. The summed E-state index contributed by atoms with van der Waals surface area (Å²) in [7, 11) is 1.68. The monoisotopic (exact) mass is 252 g/mol. The quantitative estimate of drug-likeness (QED) is 0.775. The molecular formula is C16H16N2O. The van der Waals surface area contributed by atoms with Gasteiger partial charge in [0.1, 0.15) is 11.4 Å². The molecule has 3 nitrogen and oxygen atoms in total. The maximum atomic E-state index is 5.16. The topological polar surface area (TPSA) is 37.9 Å². The number of methoxy groups -OCH3 is 1.